The number of piperidine rings is 1. The molecule has 3 rings (SSSR count). The van der Waals surface area contributed by atoms with E-state index in [0.29, 0.717) is 43.4 Å². The van der Waals surface area contributed by atoms with Gasteiger partial charge in [-0.25, -0.2) is 15.0 Å². The van der Waals surface area contributed by atoms with Crippen LogP contribution in [0.2, 0.25) is 5.02 Å². The maximum absolute atomic E-state index is 11.9. The molecule has 0 unspecified atom stereocenters. The highest BCUT2D eigenvalue weighted by Crippen LogP contribution is 2.35. The zero-order valence-corrected chi connectivity index (χ0v) is 15.9. The van der Waals surface area contributed by atoms with Gasteiger partial charge in [-0.2, -0.15) is 0 Å². The van der Waals surface area contributed by atoms with Crippen molar-refractivity contribution in [2.24, 2.45) is 5.92 Å². The van der Waals surface area contributed by atoms with Gasteiger partial charge in [0.1, 0.15) is 12.1 Å². The fourth-order valence-electron chi connectivity index (χ4n) is 3.02. The van der Waals surface area contributed by atoms with Gasteiger partial charge in [0.25, 0.3) is 0 Å². The Morgan fingerprint density at radius 3 is 2.71 bits per heavy atom. The summed E-state index contributed by atoms with van der Waals surface area (Å²) >= 11 is 5.81. The van der Waals surface area contributed by atoms with Crippen molar-refractivity contribution in [3.05, 3.63) is 39.8 Å². The van der Waals surface area contributed by atoms with Crippen LogP contribution in [-0.2, 0) is 9.53 Å². The van der Waals surface area contributed by atoms with E-state index >= 15 is 0 Å². The summed E-state index contributed by atoms with van der Waals surface area (Å²) in [7, 11) is 0. The van der Waals surface area contributed by atoms with Crippen molar-refractivity contribution in [3.8, 4) is 0 Å². The van der Waals surface area contributed by atoms with Gasteiger partial charge in [-0.1, -0.05) is 11.6 Å². The second kappa shape index (κ2) is 8.79. The summed E-state index contributed by atoms with van der Waals surface area (Å²) in [6.45, 7) is 3.02. The molecule has 3 heterocycles. The van der Waals surface area contributed by atoms with E-state index < -0.39 is 4.92 Å². The van der Waals surface area contributed by atoms with E-state index in [1.165, 1.54) is 12.5 Å². The lowest BCUT2D eigenvalue weighted by molar-refractivity contribution is -0.383. The minimum Gasteiger partial charge on any atom is -0.466 e. The molecule has 2 aromatic heterocycles. The Balaban J connectivity index is 1.81. The molecule has 1 saturated heterocycles. The fourth-order valence-corrected chi connectivity index (χ4v) is 3.13. The van der Waals surface area contributed by atoms with Crippen molar-refractivity contribution in [1.29, 1.82) is 0 Å². The average Bonchev–Trinajstić information content (AvgIpc) is 2.69. The second-order valence-corrected chi connectivity index (χ2v) is 6.59. The predicted molar refractivity (Wildman–Crippen MR) is 103 cm³/mol. The Morgan fingerprint density at radius 2 is 2.11 bits per heavy atom. The molecule has 0 aliphatic carbocycles. The Bertz CT molecular complexity index is 855. The summed E-state index contributed by atoms with van der Waals surface area (Å²) < 4.78 is 5.06. The van der Waals surface area contributed by atoms with Crippen molar-refractivity contribution in [2.75, 3.05) is 29.9 Å². The molecule has 0 spiro atoms. The number of carbonyl (C=O) groups is 1. The van der Waals surface area contributed by atoms with Gasteiger partial charge in [-0.15, -0.1) is 0 Å². The highest BCUT2D eigenvalue weighted by molar-refractivity contribution is 6.30. The number of halogens is 1. The van der Waals surface area contributed by atoms with E-state index in [1.54, 1.807) is 24.0 Å². The Labute approximate surface area is 166 Å². The summed E-state index contributed by atoms with van der Waals surface area (Å²) in [6, 6.07) is 3.21. The Morgan fingerprint density at radius 1 is 1.36 bits per heavy atom. The normalized spacial score (nSPS) is 14.6. The van der Waals surface area contributed by atoms with Gasteiger partial charge in [-0.3, -0.25) is 14.9 Å². The molecule has 0 aromatic carbocycles. The van der Waals surface area contributed by atoms with Crippen molar-refractivity contribution >= 4 is 40.7 Å². The standard InChI is InChI=1S/C17H19ClN6O4/c1-2-28-17(25)11-5-7-23(8-6-11)16-14(24(26)27)15(20-10-21-16)22-13-4-3-12(18)9-19-13/h3-4,9-11H,2,5-8H2,1H3,(H,19,20,21,22). The molecule has 0 atom stereocenters. The van der Waals surface area contributed by atoms with Gasteiger partial charge in [0.05, 0.1) is 22.5 Å². The quantitative estimate of drug-likeness (QED) is 0.438. The van der Waals surface area contributed by atoms with Gasteiger partial charge in [0.15, 0.2) is 0 Å². The van der Waals surface area contributed by atoms with Crippen LogP contribution in [0.5, 0.6) is 0 Å². The molecule has 0 bridgehead atoms. The lowest BCUT2D eigenvalue weighted by Gasteiger charge is -2.31. The fraction of sp³-hybridized carbons (Fsp3) is 0.412. The molecule has 1 N–H and O–H groups in total. The van der Waals surface area contributed by atoms with Crippen molar-refractivity contribution in [1.82, 2.24) is 15.0 Å². The van der Waals surface area contributed by atoms with E-state index in [9.17, 15) is 14.9 Å². The molecular weight excluding hydrogens is 388 g/mol. The number of nitro groups is 1. The van der Waals surface area contributed by atoms with E-state index in [2.05, 4.69) is 20.3 Å². The van der Waals surface area contributed by atoms with Gasteiger partial charge in [0, 0.05) is 19.3 Å². The highest BCUT2D eigenvalue weighted by Gasteiger charge is 2.32. The van der Waals surface area contributed by atoms with Crippen LogP contribution >= 0.6 is 11.6 Å². The number of carbonyl (C=O) groups excluding carboxylic acids is 1. The zero-order chi connectivity index (χ0) is 20.1. The van der Waals surface area contributed by atoms with E-state index in [1.807, 2.05) is 0 Å². The third kappa shape index (κ3) is 4.45. The number of esters is 1. The van der Waals surface area contributed by atoms with Crippen LogP contribution in [0, 0.1) is 16.0 Å². The number of ether oxygens (including phenoxy) is 1. The molecule has 10 nitrogen and oxygen atoms in total. The van der Waals surface area contributed by atoms with E-state index in [0.717, 1.165) is 0 Å². The van der Waals surface area contributed by atoms with Crippen LogP contribution in [0.3, 0.4) is 0 Å². The van der Waals surface area contributed by atoms with Crippen LogP contribution < -0.4 is 10.2 Å². The van der Waals surface area contributed by atoms with Crippen LogP contribution in [0.25, 0.3) is 0 Å². The van der Waals surface area contributed by atoms with E-state index in [4.69, 9.17) is 16.3 Å². The number of pyridine rings is 1. The molecule has 2 aromatic rings. The SMILES string of the molecule is CCOC(=O)C1CCN(c2ncnc(Nc3ccc(Cl)cn3)c2[N+](=O)[O-])CC1. The molecule has 0 amide bonds. The highest BCUT2D eigenvalue weighted by atomic mass is 35.5. The minimum absolute atomic E-state index is 0.0392. The Kier molecular flexibility index (Phi) is 6.19. The predicted octanol–water partition coefficient (Wildman–Crippen LogP) is 2.96. The number of hydrogen-bond donors (Lipinski definition) is 1. The first-order chi connectivity index (χ1) is 13.5. The lowest BCUT2D eigenvalue weighted by atomic mass is 9.97. The number of nitrogens with zero attached hydrogens (tertiary/aromatic N) is 5. The monoisotopic (exact) mass is 406 g/mol. The van der Waals surface area contributed by atoms with Crippen LogP contribution in [-0.4, -0.2) is 45.5 Å². The van der Waals surface area contributed by atoms with Crippen LogP contribution in [0.1, 0.15) is 19.8 Å². The number of aromatic nitrogens is 3. The molecule has 148 valence electrons. The third-order valence-electron chi connectivity index (χ3n) is 4.37. The first-order valence-electron chi connectivity index (χ1n) is 8.79. The molecule has 1 aliphatic heterocycles. The van der Waals surface area contributed by atoms with Gasteiger partial charge in [-0.05, 0) is 31.9 Å². The first-order valence-corrected chi connectivity index (χ1v) is 9.17. The summed E-state index contributed by atoms with van der Waals surface area (Å²) in [5, 5.41) is 15.0. The number of anilines is 3. The molecular formula is C17H19ClN6O4. The maximum atomic E-state index is 11.9. The number of rotatable bonds is 6. The van der Waals surface area contributed by atoms with Crippen LogP contribution in [0.4, 0.5) is 23.1 Å². The van der Waals surface area contributed by atoms with Crippen molar-refractivity contribution in [3.63, 3.8) is 0 Å². The van der Waals surface area contributed by atoms with Gasteiger partial charge in [0.2, 0.25) is 11.6 Å². The second-order valence-electron chi connectivity index (χ2n) is 6.15. The lowest BCUT2D eigenvalue weighted by Crippen LogP contribution is -2.37. The van der Waals surface area contributed by atoms with Crippen molar-refractivity contribution < 1.29 is 14.5 Å². The zero-order valence-electron chi connectivity index (χ0n) is 15.2. The summed E-state index contributed by atoms with van der Waals surface area (Å²) in [5.74, 6) is 0.192. The summed E-state index contributed by atoms with van der Waals surface area (Å²) in [4.78, 5) is 37.1. The van der Waals surface area contributed by atoms with Gasteiger partial charge >= 0.3 is 11.7 Å². The molecule has 1 aliphatic rings. The maximum Gasteiger partial charge on any atom is 0.353 e. The largest absolute Gasteiger partial charge is 0.466 e. The molecule has 28 heavy (non-hydrogen) atoms. The van der Waals surface area contributed by atoms with Gasteiger partial charge < -0.3 is 15.0 Å². The smallest absolute Gasteiger partial charge is 0.353 e. The topological polar surface area (TPSA) is 123 Å². The molecule has 0 radical (unpaired) electrons. The molecule has 11 heteroatoms. The number of nitrogens with one attached hydrogen (secondary N) is 1. The first kappa shape index (κ1) is 19.7. The molecule has 1 fully saturated rings. The minimum atomic E-state index is -0.523. The molecule has 0 saturated carbocycles. The summed E-state index contributed by atoms with van der Waals surface area (Å²) in [6.07, 6.45) is 3.78. The number of hydrogen-bond acceptors (Lipinski definition) is 9. The average molecular weight is 407 g/mol. The summed E-state index contributed by atoms with van der Waals surface area (Å²) in [5.41, 5.74) is -0.242. The third-order valence-corrected chi connectivity index (χ3v) is 4.60. The van der Waals surface area contributed by atoms with Crippen molar-refractivity contribution in [2.45, 2.75) is 19.8 Å². The Hall–Kier alpha value is -3.01. The van der Waals surface area contributed by atoms with Crippen LogP contribution in [0.15, 0.2) is 24.7 Å². The van der Waals surface area contributed by atoms with E-state index in [-0.39, 0.29) is 29.2 Å².